The Morgan fingerprint density at radius 1 is 1.53 bits per heavy atom. The van der Waals surface area contributed by atoms with Crippen molar-refractivity contribution in [2.24, 2.45) is 0 Å². The molecule has 0 bridgehead atoms. The van der Waals surface area contributed by atoms with Crippen molar-refractivity contribution in [2.45, 2.75) is 30.1 Å². The Kier molecular flexibility index (Phi) is 3.00. The predicted molar refractivity (Wildman–Crippen MR) is 61.5 cm³/mol. The van der Waals surface area contributed by atoms with Crippen LogP contribution in [0, 0.1) is 0 Å². The molecule has 1 aliphatic carbocycles. The molecule has 1 atom stereocenters. The van der Waals surface area contributed by atoms with Crippen molar-refractivity contribution in [2.75, 3.05) is 6.26 Å². The highest BCUT2D eigenvalue weighted by Gasteiger charge is 2.26. The fourth-order valence-electron chi connectivity index (χ4n) is 2.26. The lowest BCUT2D eigenvalue weighted by Crippen LogP contribution is -2.18. The molecular weight excluding hydrogens is 208 g/mol. The van der Waals surface area contributed by atoms with Crippen LogP contribution in [0.25, 0.3) is 0 Å². The van der Waals surface area contributed by atoms with Gasteiger partial charge in [-0.15, -0.1) is 11.8 Å². The molecule has 0 saturated heterocycles. The number of rotatable bonds is 2. The Hall–Kier alpha value is -0.960. The van der Waals surface area contributed by atoms with Gasteiger partial charge in [-0.05, 0) is 42.7 Å². The third-order valence-electron chi connectivity index (χ3n) is 2.98. The van der Waals surface area contributed by atoms with Gasteiger partial charge in [0.1, 0.15) is 0 Å². The largest absolute Gasteiger partial charge is 0.481 e. The summed E-state index contributed by atoms with van der Waals surface area (Å²) in [5.41, 5.74) is 2.28. The first-order valence-electron chi connectivity index (χ1n) is 5.12. The van der Waals surface area contributed by atoms with E-state index in [1.165, 1.54) is 10.5 Å². The topological polar surface area (TPSA) is 37.3 Å². The highest BCUT2D eigenvalue weighted by Crippen LogP contribution is 2.36. The molecule has 1 unspecified atom stereocenters. The number of carbonyl (C=O) groups is 1. The fourth-order valence-corrected chi connectivity index (χ4v) is 2.94. The molecule has 1 aliphatic rings. The molecular formula is C12H14O2S. The minimum Gasteiger partial charge on any atom is -0.481 e. The molecule has 0 fully saturated rings. The number of carboxylic acid groups (broad SMARTS) is 1. The van der Waals surface area contributed by atoms with Gasteiger partial charge >= 0.3 is 5.97 Å². The molecule has 15 heavy (non-hydrogen) atoms. The smallest absolute Gasteiger partial charge is 0.310 e. The molecule has 2 nitrogen and oxygen atoms in total. The van der Waals surface area contributed by atoms with Gasteiger partial charge in [-0.3, -0.25) is 4.79 Å². The first-order valence-corrected chi connectivity index (χ1v) is 6.35. The van der Waals surface area contributed by atoms with Gasteiger partial charge in [-0.25, -0.2) is 0 Å². The Bertz CT molecular complexity index is 387. The zero-order valence-corrected chi connectivity index (χ0v) is 9.51. The van der Waals surface area contributed by atoms with E-state index in [9.17, 15) is 4.79 Å². The van der Waals surface area contributed by atoms with Gasteiger partial charge in [-0.2, -0.15) is 0 Å². The van der Waals surface area contributed by atoms with E-state index in [1.807, 2.05) is 18.4 Å². The van der Waals surface area contributed by atoms with E-state index in [0.717, 1.165) is 24.8 Å². The third kappa shape index (κ3) is 1.88. The first-order chi connectivity index (χ1) is 7.24. The van der Waals surface area contributed by atoms with Crippen LogP contribution in [0.1, 0.15) is 29.9 Å². The summed E-state index contributed by atoms with van der Waals surface area (Å²) in [4.78, 5) is 12.3. The maximum atomic E-state index is 11.1. The van der Waals surface area contributed by atoms with Crippen molar-refractivity contribution in [3.05, 3.63) is 29.3 Å². The summed E-state index contributed by atoms with van der Waals surface area (Å²) in [5.74, 6) is -0.977. The number of carboxylic acids is 1. The number of hydrogen-bond acceptors (Lipinski definition) is 2. The van der Waals surface area contributed by atoms with Crippen LogP contribution < -0.4 is 0 Å². The molecule has 1 aromatic rings. The normalized spacial score (nSPS) is 19.7. The second kappa shape index (κ2) is 4.27. The van der Waals surface area contributed by atoms with E-state index in [4.69, 9.17) is 5.11 Å². The van der Waals surface area contributed by atoms with E-state index >= 15 is 0 Å². The molecule has 0 aliphatic heterocycles. The third-order valence-corrected chi connectivity index (χ3v) is 3.80. The van der Waals surface area contributed by atoms with Crippen molar-refractivity contribution in [1.29, 1.82) is 0 Å². The van der Waals surface area contributed by atoms with Crippen molar-refractivity contribution >= 4 is 17.7 Å². The number of fused-ring (bicyclic) bond motifs is 1. The van der Waals surface area contributed by atoms with E-state index in [2.05, 4.69) is 6.07 Å². The number of hydrogen-bond donors (Lipinski definition) is 1. The standard InChI is InChI=1S/C12H14O2S/c1-15-11-7-3-4-8-9(11)5-2-6-10(8)12(13)14/h3-4,7,10H,2,5-6H2,1H3,(H,13,14). The van der Waals surface area contributed by atoms with E-state index in [-0.39, 0.29) is 5.92 Å². The molecule has 2 rings (SSSR count). The van der Waals surface area contributed by atoms with Crippen LogP contribution in [-0.4, -0.2) is 17.3 Å². The number of aliphatic carboxylic acids is 1. The van der Waals surface area contributed by atoms with Gasteiger partial charge in [0, 0.05) is 4.90 Å². The summed E-state index contributed by atoms with van der Waals surface area (Å²) in [6.45, 7) is 0. The second-order valence-electron chi connectivity index (χ2n) is 3.81. The van der Waals surface area contributed by atoms with Gasteiger partial charge in [0.05, 0.1) is 5.92 Å². The molecule has 1 N–H and O–H groups in total. The maximum Gasteiger partial charge on any atom is 0.310 e. The van der Waals surface area contributed by atoms with Crippen LogP contribution in [0.5, 0.6) is 0 Å². The van der Waals surface area contributed by atoms with Crippen LogP contribution in [0.3, 0.4) is 0 Å². The summed E-state index contributed by atoms with van der Waals surface area (Å²) in [6.07, 6.45) is 4.83. The van der Waals surface area contributed by atoms with Gasteiger partial charge in [0.25, 0.3) is 0 Å². The highest BCUT2D eigenvalue weighted by molar-refractivity contribution is 7.98. The van der Waals surface area contributed by atoms with E-state index in [0.29, 0.717) is 0 Å². The first kappa shape index (κ1) is 10.6. The Balaban J connectivity index is 2.48. The monoisotopic (exact) mass is 222 g/mol. The molecule has 0 aromatic heterocycles. The summed E-state index contributed by atoms with van der Waals surface area (Å²) < 4.78 is 0. The second-order valence-corrected chi connectivity index (χ2v) is 4.66. The average molecular weight is 222 g/mol. The van der Waals surface area contributed by atoms with E-state index < -0.39 is 5.97 Å². The lowest BCUT2D eigenvalue weighted by atomic mass is 9.83. The molecule has 0 radical (unpaired) electrons. The molecule has 80 valence electrons. The Labute approximate surface area is 93.7 Å². The SMILES string of the molecule is CSc1cccc2c1CCCC2C(=O)O. The molecule has 0 heterocycles. The average Bonchev–Trinajstić information content (AvgIpc) is 2.27. The van der Waals surface area contributed by atoms with Crippen LogP contribution in [-0.2, 0) is 11.2 Å². The Morgan fingerprint density at radius 2 is 2.33 bits per heavy atom. The predicted octanol–water partition coefficient (Wildman–Crippen LogP) is 2.91. The van der Waals surface area contributed by atoms with Crippen LogP contribution >= 0.6 is 11.8 Å². The zero-order valence-electron chi connectivity index (χ0n) is 8.69. The lowest BCUT2D eigenvalue weighted by molar-refractivity contribution is -0.139. The quantitative estimate of drug-likeness (QED) is 0.782. The van der Waals surface area contributed by atoms with Crippen LogP contribution in [0.2, 0.25) is 0 Å². The number of benzene rings is 1. The van der Waals surface area contributed by atoms with Gasteiger partial charge in [0.15, 0.2) is 0 Å². The van der Waals surface area contributed by atoms with E-state index in [1.54, 1.807) is 11.8 Å². The fraction of sp³-hybridized carbons (Fsp3) is 0.417. The van der Waals surface area contributed by atoms with Crippen molar-refractivity contribution in [3.8, 4) is 0 Å². The van der Waals surface area contributed by atoms with Crippen LogP contribution in [0.4, 0.5) is 0 Å². The summed E-state index contributed by atoms with van der Waals surface area (Å²) >= 11 is 1.70. The molecule has 0 amide bonds. The minimum atomic E-state index is -0.686. The lowest BCUT2D eigenvalue weighted by Gasteiger charge is -2.23. The highest BCUT2D eigenvalue weighted by atomic mass is 32.2. The zero-order chi connectivity index (χ0) is 10.8. The number of thioether (sulfide) groups is 1. The summed E-state index contributed by atoms with van der Waals surface area (Å²) in [5, 5.41) is 9.14. The minimum absolute atomic E-state index is 0.291. The molecule has 0 spiro atoms. The Morgan fingerprint density at radius 3 is 3.00 bits per heavy atom. The molecule has 0 saturated carbocycles. The van der Waals surface area contributed by atoms with Crippen LogP contribution in [0.15, 0.2) is 23.1 Å². The van der Waals surface area contributed by atoms with Crippen molar-refractivity contribution in [3.63, 3.8) is 0 Å². The summed E-state index contributed by atoms with van der Waals surface area (Å²) in [6, 6.07) is 6.01. The van der Waals surface area contributed by atoms with Gasteiger partial charge < -0.3 is 5.11 Å². The molecule has 3 heteroatoms. The maximum absolute atomic E-state index is 11.1. The van der Waals surface area contributed by atoms with Gasteiger partial charge in [-0.1, -0.05) is 12.1 Å². The molecule has 1 aromatic carbocycles. The van der Waals surface area contributed by atoms with Gasteiger partial charge in [0.2, 0.25) is 0 Å². The summed E-state index contributed by atoms with van der Waals surface area (Å²) in [7, 11) is 0. The van der Waals surface area contributed by atoms with Crippen molar-refractivity contribution < 1.29 is 9.90 Å². The van der Waals surface area contributed by atoms with Crippen molar-refractivity contribution in [1.82, 2.24) is 0 Å².